The summed E-state index contributed by atoms with van der Waals surface area (Å²) in [6.07, 6.45) is 0. The molecule has 2 heterocycles. The fraction of sp³-hybridized carbons (Fsp3) is 0.261. The quantitative estimate of drug-likeness (QED) is 0.678. The predicted molar refractivity (Wildman–Crippen MR) is 107 cm³/mol. The van der Waals surface area contributed by atoms with Crippen molar-refractivity contribution in [3.8, 4) is 16.9 Å². The van der Waals surface area contributed by atoms with Gasteiger partial charge in [0.25, 0.3) is 5.91 Å². The molecule has 2 aromatic carbocycles. The van der Waals surface area contributed by atoms with E-state index in [1.165, 1.54) is 17.7 Å². The van der Waals surface area contributed by atoms with Crippen LogP contribution in [0.1, 0.15) is 21.6 Å². The topological polar surface area (TPSA) is 34.5 Å². The molecule has 1 fully saturated rings. The standard InChI is InChI=1S/C23H23FN2O2/c1-16-3-9-20(10-4-16)26-17(2)21(23(27)25-11-13-28-14-12-25)15-22(26)18-5-7-19(24)8-6-18/h3-10,15H,11-14H2,1-2H3. The van der Waals surface area contributed by atoms with Gasteiger partial charge in [-0.2, -0.15) is 0 Å². The second-order valence-corrected chi connectivity index (χ2v) is 7.11. The number of carbonyl (C=O) groups is 1. The Labute approximate surface area is 164 Å². The molecule has 1 amide bonds. The summed E-state index contributed by atoms with van der Waals surface area (Å²) in [4.78, 5) is 15.0. The van der Waals surface area contributed by atoms with E-state index in [2.05, 4.69) is 4.57 Å². The molecule has 0 N–H and O–H groups in total. The highest BCUT2D eigenvalue weighted by atomic mass is 19.1. The Morgan fingerprint density at radius 3 is 2.25 bits per heavy atom. The average Bonchev–Trinajstić information content (AvgIpc) is 3.06. The van der Waals surface area contributed by atoms with E-state index in [0.717, 1.165) is 22.6 Å². The number of nitrogens with zero attached hydrogens (tertiary/aromatic N) is 2. The van der Waals surface area contributed by atoms with E-state index >= 15 is 0 Å². The van der Waals surface area contributed by atoms with Gasteiger partial charge in [0.2, 0.25) is 0 Å². The molecule has 0 bridgehead atoms. The van der Waals surface area contributed by atoms with Crippen LogP contribution < -0.4 is 0 Å². The number of ether oxygens (including phenoxy) is 1. The van der Waals surface area contributed by atoms with Crippen molar-refractivity contribution in [2.45, 2.75) is 13.8 Å². The number of halogens is 1. The molecule has 0 saturated carbocycles. The van der Waals surface area contributed by atoms with Crippen LogP contribution in [0, 0.1) is 19.7 Å². The Kier molecular flexibility index (Phi) is 5.01. The number of benzene rings is 2. The summed E-state index contributed by atoms with van der Waals surface area (Å²) in [7, 11) is 0. The van der Waals surface area contributed by atoms with Crippen LogP contribution >= 0.6 is 0 Å². The Balaban J connectivity index is 1.84. The zero-order valence-electron chi connectivity index (χ0n) is 16.1. The van der Waals surface area contributed by atoms with Gasteiger partial charge in [0.05, 0.1) is 24.5 Å². The zero-order chi connectivity index (χ0) is 19.7. The molecule has 4 rings (SSSR count). The van der Waals surface area contributed by atoms with Gasteiger partial charge in [-0.05, 0) is 61.9 Å². The maximum absolute atomic E-state index is 13.4. The third kappa shape index (κ3) is 3.45. The van der Waals surface area contributed by atoms with Gasteiger partial charge in [-0.3, -0.25) is 4.79 Å². The molecular weight excluding hydrogens is 355 g/mol. The van der Waals surface area contributed by atoms with Gasteiger partial charge in [-0.25, -0.2) is 4.39 Å². The third-order valence-corrected chi connectivity index (χ3v) is 5.21. The first-order valence-electron chi connectivity index (χ1n) is 9.47. The minimum absolute atomic E-state index is 0.00928. The molecule has 1 aliphatic rings. The Bertz CT molecular complexity index is 985. The van der Waals surface area contributed by atoms with Gasteiger partial charge in [0, 0.05) is 24.5 Å². The molecular formula is C23H23FN2O2. The van der Waals surface area contributed by atoms with Crippen LogP contribution in [0.4, 0.5) is 4.39 Å². The van der Waals surface area contributed by atoms with Crippen LogP contribution in [-0.2, 0) is 4.74 Å². The fourth-order valence-electron chi connectivity index (χ4n) is 3.62. The lowest BCUT2D eigenvalue weighted by Gasteiger charge is -2.26. The average molecular weight is 378 g/mol. The third-order valence-electron chi connectivity index (χ3n) is 5.21. The number of hydrogen-bond donors (Lipinski definition) is 0. The van der Waals surface area contributed by atoms with Crippen molar-refractivity contribution in [1.82, 2.24) is 9.47 Å². The molecule has 5 heteroatoms. The van der Waals surface area contributed by atoms with Crippen LogP contribution in [0.3, 0.4) is 0 Å². The molecule has 4 nitrogen and oxygen atoms in total. The molecule has 0 unspecified atom stereocenters. The van der Waals surface area contributed by atoms with E-state index in [1.54, 1.807) is 12.1 Å². The first-order valence-corrected chi connectivity index (χ1v) is 9.47. The van der Waals surface area contributed by atoms with Crippen molar-refractivity contribution in [2.24, 2.45) is 0 Å². The van der Waals surface area contributed by atoms with Gasteiger partial charge in [0.15, 0.2) is 0 Å². The molecule has 3 aromatic rings. The first-order chi connectivity index (χ1) is 13.5. The van der Waals surface area contributed by atoms with Crippen molar-refractivity contribution in [3.63, 3.8) is 0 Å². The lowest BCUT2D eigenvalue weighted by Crippen LogP contribution is -2.40. The number of aromatic nitrogens is 1. The number of hydrogen-bond acceptors (Lipinski definition) is 2. The van der Waals surface area contributed by atoms with Crippen LogP contribution in [0.2, 0.25) is 0 Å². The minimum atomic E-state index is -0.279. The van der Waals surface area contributed by atoms with E-state index < -0.39 is 0 Å². The lowest BCUT2D eigenvalue weighted by molar-refractivity contribution is 0.0302. The lowest BCUT2D eigenvalue weighted by atomic mass is 10.1. The van der Waals surface area contributed by atoms with Gasteiger partial charge >= 0.3 is 0 Å². The highest BCUT2D eigenvalue weighted by Gasteiger charge is 2.24. The van der Waals surface area contributed by atoms with Crippen molar-refractivity contribution in [3.05, 3.63) is 77.2 Å². The summed E-state index contributed by atoms with van der Waals surface area (Å²) < 4.78 is 20.9. The number of amides is 1. The minimum Gasteiger partial charge on any atom is -0.378 e. The maximum Gasteiger partial charge on any atom is 0.255 e. The number of rotatable bonds is 3. The Hall–Kier alpha value is -2.92. The molecule has 1 saturated heterocycles. The summed E-state index contributed by atoms with van der Waals surface area (Å²) >= 11 is 0. The summed E-state index contributed by atoms with van der Waals surface area (Å²) in [5, 5.41) is 0. The van der Waals surface area contributed by atoms with Crippen molar-refractivity contribution in [1.29, 1.82) is 0 Å². The molecule has 0 aliphatic carbocycles. The summed E-state index contributed by atoms with van der Waals surface area (Å²) in [5.74, 6) is -0.270. The second kappa shape index (κ2) is 7.60. The van der Waals surface area contributed by atoms with Gasteiger partial charge in [-0.15, -0.1) is 0 Å². The predicted octanol–water partition coefficient (Wildman–Crippen LogP) is 4.37. The van der Waals surface area contributed by atoms with Crippen LogP contribution in [0.25, 0.3) is 16.9 Å². The molecule has 1 aromatic heterocycles. The van der Waals surface area contributed by atoms with Crippen LogP contribution in [0.15, 0.2) is 54.6 Å². The van der Waals surface area contributed by atoms with Crippen LogP contribution in [-0.4, -0.2) is 41.7 Å². The Morgan fingerprint density at radius 1 is 0.964 bits per heavy atom. The van der Waals surface area contributed by atoms with E-state index in [4.69, 9.17) is 4.74 Å². The zero-order valence-corrected chi connectivity index (χ0v) is 16.1. The van der Waals surface area contributed by atoms with E-state index in [-0.39, 0.29) is 11.7 Å². The number of carbonyl (C=O) groups excluding carboxylic acids is 1. The molecule has 28 heavy (non-hydrogen) atoms. The molecule has 0 spiro atoms. The molecule has 1 aliphatic heterocycles. The molecule has 0 atom stereocenters. The molecule has 144 valence electrons. The van der Waals surface area contributed by atoms with Crippen LogP contribution in [0.5, 0.6) is 0 Å². The van der Waals surface area contributed by atoms with Gasteiger partial charge < -0.3 is 14.2 Å². The highest BCUT2D eigenvalue weighted by molar-refractivity contribution is 5.97. The second-order valence-electron chi connectivity index (χ2n) is 7.11. The number of morpholine rings is 1. The highest BCUT2D eigenvalue weighted by Crippen LogP contribution is 2.30. The van der Waals surface area contributed by atoms with Gasteiger partial charge in [0.1, 0.15) is 5.82 Å². The summed E-state index contributed by atoms with van der Waals surface area (Å²) in [5.41, 5.74) is 5.43. The SMILES string of the molecule is Cc1ccc(-n2c(-c3ccc(F)cc3)cc(C(=O)N3CCOCC3)c2C)cc1. The van der Waals surface area contributed by atoms with E-state index in [1.807, 2.05) is 49.1 Å². The van der Waals surface area contributed by atoms with Crippen molar-refractivity contribution < 1.29 is 13.9 Å². The monoisotopic (exact) mass is 378 g/mol. The largest absolute Gasteiger partial charge is 0.378 e. The first kappa shape index (κ1) is 18.4. The maximum atomic E-state index is 13.4. The van der Waals surface area contributed by atoms with E-state index in [0.29, 0.717) is 31.9 Å². The summed E-state index contributed by atoms with van der Waals surface area (Å²) in [6.45, 7) is 6.32. The number of aryl methyl sites for hydroxylation is 1. The normalized spacial score (nSPS) is 14.3. The smallest absolute Gasteiger partial charge is 0.255 e. The molecule has 0 radical (unpaired) electrons. The fourth-order valence-corrected chi connectivity index (χ4v) is 3.62. The Morgan fingerprint density at radius 2 is 1.61 bits per heavy atom. The van der Waals surface area contributed by atoms with Crippen molar-refractivity contribution >= 4 is 5.91 Å². The van der Waals surface area contributed by atoms with Gasteiger partial charge in [-0.1, -0.05) is 17.7 Å². The van der Waals surface area contributed by atoms with E-state index in [9.17, 15) is 9.18 Å². The van der Waals surface area contributed by atoms with Crippen molar-refractivity contribution in [2.75, 3.05) is 26.3 Å². The summed E-state index contributed by atoms with van der Waals surface area (Å²) in [6, 6.07) is 16.5.